The van der Waals surface area contributed by atoms with Crippen LogP contribution in [0.5, 0.6) is 0 Å². The zero-order valence-corrected chi connectivity index (χ0v) is 20.3. The first-order valence-corrected chi connectivity index (χ1v) is 10.8. The number of rotatable bonds is 5. The summed E-state index contributed by atoms with van der Waals surface area (Å²) >= 11 is 0. The SMILES string of the molecule is CC(C)OC(=O)C1CCC(NC(=O)N2CCN(c3ccc(C(=N)N)cc3)CC2)CC1.Cl.Cl. The number of nitrogens with one attached hydrogen (secondary N) is 2. The van der Waals surface area contributed by atoms with Crippen LogP contribution < -0.4 is 16.0 Å². The smallest absolute Gasteiger partial charge is 0.317 e. The van der Waals surface area contributed by atoms with E-state index in [2.05, 4.69) is 10.2 Å². The van der Waals surface area contributed by atoms with E-state index >= 15 is 0 Å². The molecule has 1 aliphatic heterocycles. The molecular formula is C22H35Cl2N5O3. The van der Waals surface area contributed by atoms with Crippen molar-refractivity contribution in [3.05, 3.63) is 29.8 Å². The fourth-order valence-electron chi connectivity index (χ4n) is 4.09. The van der Waals surface area contributed by atoms with Crippen molar-refractivity contribution in [2.24, 2.45) is 11.7 Å². The van der Waals surface area contributed by atoms with Gasteiger partial charge in [-0.15, -0.1) is 24.8 Å². The number of hydrogen-bond acceptors (Lipinski definition) is 5. The molecule has 4 N–H and O–H groups in total. The normalized spacial score (nSPS) is 20.6. The van der Waals surface area contributed by atoms with Gasteiger partial charge in [0.15, 0.2) is 0 Å². The van der Waals surface area contributed by atoms with E-state index in [1.807, 2.05) is 43.0 Å². The molecule has 0 unspecified atom stereocenters. The summed E-state index contributed by atoms with van der Waals surface area (Å²) in [5.41, 5.74) is 7.30. The summed E-state index contributed by atoms with van der Waals surface area (Å²) in [6, 6.07) is 7.74. The Bertz CT molecular complexity index is 759. The molecule has 0 spiro atoms. The number of piperazine rings is 1. The van der Waals surface area contributed by atoms with Crippen molar-refractivity contribution in [1.29, 1.82) is 5.41 Å². The number of anilines is 1. The molecule has 1 saturated carbocycles. The first-order valence-electron chi connectivity index (χ1n) is 10.8. The lowest BCUT2D eigenvalue weighted by Gasteiger charge is -2.37. The molecule has 3 rings (SSSR count). The molecule has 0 atom stereocenters. The molecule has 0 aromatic heterocycles. The van der Waals surface area contributed by atoms with Crippen molar-refractivity contribution in [3.8, 4) is 0 Å². The van der Waals surface area contributed by atoms with Crippen molar-refractivity contribution in [2.75, 3.05) is 31.1 Å². The van der Waals surface area contributed by atoms with Crippen LogP contribution in [0.25, 0.3) is 0 Å². The molecule has 1 heterocycles. The number of benzene rings is 1. The van der Waals surface area contributed by atoms with Gasteiger partial charge < -0.3 is 25.6 Å². The summed E-state index contributed by atoms with van der Waals surface area (Å²) in [5.74, 6) is -0.0883. The largest absolute Gasteiger partial charge is 0.463 e. The molecule has 1 saturated heterocycles. The fourth-order valence-corrected chi connectivity index (χ4v) is 4.09. The highest BCUT2D eigenvalue weighted by atomic mass is 35.5. The first kappa shape index (κ1) is 27.8. The van der Waals surface area contributed by atoms with Gasteiger partial charge in [-0.3, -0.25) is 10.2 Å². The molecule has 0 radical (unpaired) electrons. The average molecular weight is 488 g/mol. The minimum atomic E-state index is -0.109. The van der Waals surface area contributed by atoms with Crippen molar-refractivity contribution in [2.45, 2.75) is 51.7 Å². The predicted molar refractivity (Wildman–Crippen MR) is 131 cm³/mol. The number of hydrogen-bond donors (Lipinski definition) is 3. The monoisotopic (exact) mass is 487 g/mol. The Hall–Kier alpha value is -2.19. The van der Waals surface area contributed by atoms with Gasteiger partial charge in [0.2, 0.25) is 0 Å². The topological polar surface area (TPSA) is 112 Å². The van der Waals surface area contributed by atoms with E-state index in [9.17, 15) is 9.59 Å². The lowest BCUT2D eigenvalue weighted by molar-refractivity contribution is -0.153. The predicted octanol–water partition coefficient (Wildman–Crippen LogP) is 3.16. The Kier molecular flexibility index (Phi) is 11.1. The van der Waals surface area contributed by atoms with E-state index in [1.165, 1.54) is 0 Å². The van der Waals surface area contributed by atoms with Crippen molar-refractivity contribution in [3.63, 3.8) is 0 Å². The number of halogens is 2. The van der Waals surface area contributed by atoms with E-state index in [0.29, 0.717) is 18.7 Å². The second-order valence-corrected chi connectivity index (χ2v) is 8.42. The van der Waals surface area contributed by atoms with Gasteiger partial charge in [0.05, 0.1) is 12.0 Å². The number of nitrogens with zero attached hydrogens (tertiary/aromatic N) is 2. The zero-order valence-electron chi connectivity index (χ0n) is 18.7. The lowest BCUT2D eigenvalue weighted by atomic mass is 9.86. The summed E-state index contributed by atoms with van der Waals surface area (Å²) in [7, 11) is 0. The highest BCUT2D eigenvalue weighted by Crippen LogP contribution is 2.26. The second kappa shape index (κ2) is 12.7. The molecule has 2 aliphatic rings. The van der Waals surface area contributed by atoms with Crippen LogP contribution in [0.15, 0.2) is 24.3 Å². The number of amidine groups is 1. The Morgan fingerprint density at radius 3 is 2.09 bits per heavy atom. The number of amides is 2. The van der Waals surface area contributed by atoms with Crippen LogP contribution in [0.1, 0.15) is 45.1 Å². The number of carbonyl (C=O) groups is 2. The molecule has 1 aromatic carbocycles. The van der Waals surface area contributed by atoms with Crippen LogP contribution >= 0.6 is 24.8 Å². The van der Waals surface area contributed by atoms with Crippen LogP contribution in [0.2, 0.25) is 0 Å². The van der Waals surface area contributed by atoms with Gasteiger partial charge in [-0.25, -0.2) is 4.79 Å². The molecule has 32 heavy (non-hydrogen) atoms. The molecule has 2 amide bonds. The Labute approximate surface area is 202 Å². The lowest BCUT2D eigenvalue weighted by Crippen LogP contribution is -2.54. The number of nitrogen functional groups attached to an aromatic ring is 1. The molecule has 180 valence electrons. The second-order valence-electron chi connectivity index (χ2n) is 8.42. The van der Waals surface area contributed by atoms with E-state index in [4.69, 9.17) is 15.9 Å². The Balaban J connectivity index is 0.00000256. The molecule has 1 aliphatic carbocycles. The minimum Gasteiger partial charge on any atom is -0.463 e. The van der Waals surface area contributed by atoms with Gasteiger partial charge in [0.25, 0.3) is 0 Å². The van der Waals surface area contributed by atoms with Crippen LogP contribution in [0.3, 0.4) is 0 Å². The molecule has 0 bridgehead atoms. The van der Waals surface area contributed by atoms with Gasteiger partial charge in [0.1, 0.15) is 5.84 Å². The maximum absolute atomic E-state index is 12.7. The average Bonchev–Trinajstić information content (AvgIpc) is 2.74. The van der Waals surface area contributed by atoms with E-state index in [-0.39, 0.29) is 60.7 Å². The third-order valence-corrected chi connectivity index (χ3v) is 5.85. The van der Waals surface area contributed by atoms with Crippen LogP contribution in [0, 0.1) is 11.3 Å². The summed E-state index contributed by atoms with van der Waals surface area (Å²) in [4.78, 5) is 28.8. The van der Waals surface area contributed by atoms with Gasteiger partial charge in [-0.2, -0.15) is 0 Å². The van der Waals surface area contributed by atoms with Crippen LogP contribution in [-0.4, -0.2) is 61.1 Å². The van der Waals surface area contributed by atoms with Gasteiger partial charge in [0, 0.05) is 43.5 Å². The maximum atomic E-state index is 12.7. The van der Waals surface area contributed by atoms with Crippen LogP contribution in [0.4, 0.5) is 10.5 Å². The summed E-state index contributed by atoms with van der Waals surface area (Å²) in [6.07, 6.45) is 3.07. The Morgan fingerprint density at radius 2 is 1.59 bits per heavy atom. The molecule has 1 aromatic rings. The first-order chi connectivity index (χ1) is 14.3. The third kappa shape index (κ3) is 7.45. The summed E-state index contributed by atoms with van der Waals surface area (Å²) < 4.78 is 5.31. The number of urea groups is 1. The van der Waals surface area contributed by atoms with Gasteiger partial charge >= 0.3 is 12.0 Å². The highest BCUT2D eigenvalue weighted by molar-refractivity contribution is 5.95. The molecular weight excluding hydrogens is 453 g/mol. The highest BCUT2D eigenvalue weighted by Gasteiger charge is 2.30. The molecule has 8 nitrogen and oxygen atoms in total. The number of ether oxygens (including phenoxy) is 1. The summed E-state index contributed by atoms with van der Waals surface area (Å²) in [5, 5.41) is 10.6. The standard InChI is InChI=1S/C22H33N5O3.2ClH/c1-15(2)30-21(28)17-3-7-18(8-4-17)25-22(29)27-13-11-26(12-14-27)19-9-5-16(6-10-19)20(23)24;;/h5-6,9-10,15,17-18H,3-4,7-8,11-14H2,1-2H3,(H3,23,24)(H,25,29);2*1H. The quantitative estimate of drug-likeness (QED) is 0.335. The number of esters is 1. The number of nitrogens with two attached hydrogens (primary N) is 1. The fraction of sp³-hybridized carbons (Fsp3) is 0.591. The van der Waals surface area contributed by atoms with E-state index in [1.54, 1.807) is 0 Å². The third-order valence-electron chi connectivity index (χ3n) is 5.85. The van der Waals surface area contributed by atoms with Crippen LogP contribution in [-0.2, 0) is 9.53 Å². The molecule has 10 heteroatoms. The van der Waals surface area contributed by atoms with Gasteiger partial charge in [-0.1, -0.05) is 0 Å². The zero-order chi connectivity index (χ0) is 21.7. The minimum absolute atomic E-state index is 0. The number of carbonyl (C=O) groups excluding carboxylic acids is 2. The summed E-state index contributed by atoms with van der Waals surface area (Å²) in [6.45, 7) is 6.59. The molecule has 2 fully saturated rings. The maximum Gasteiger partial charge on any atom is 0.317 e. The van der Waals surface area contributed by atoms with E-state index in [0.717, 1.165) is 44.5 Å². The van der Waals surface area contributed by atoms with Crippen molar-refractivity contribution < 1.29 is 14.3 Å². The van der Waals surface area contributed by atoms with Crippen molar-refractivity contribution in [1.82, 2.24) is 10.2 Å². The Morgan fingerprint density at radius 1 is 1.03 bits per heavy atom. The van der Waals surface area contributed by atoms with Gasteiger partial charge in [-0.05, 0) is 63.8 Å². The van der Waals surface area contributed by atoms with Crippen molar-refractivity contribution >= 4 is 48.3 Å². The van der Waals surface area contributed by atoms with E-state index < -0.39 is 0 Å².